The topological polar surface area (TPSA) is 96.1 Å². The van der Waals surface area contributed by atoms with E-state index in [0.717, 1.165) is 44.1 Å². The number of hydrogen-bond donors (Lipinski definition) is 3. The highest BCUT2D eigenvalue weighted by atomic mass is 35.5. The van der Waals surface area contributed by atoms with Crippen LogP contribution < -0.4 is 16.2 Å². The highest BCUT2D eigenvalue weighted by Crippen LogP contribution is 2.36. The van der Waals surface area contributed by atoms with E-state index in [1.165, 1.54) is 18.9 Å². The molecule has 158 valence electrons. The number of amides is 1. The van der Waals surface area contributed by atoms with E-state index in [1.807, 2.05) is 0 Å². The molecule has 3 aliphatic rings. The molecule has 4 rings (SSSR count). The fourth-order valence-corrected chi connectivity index (χ4v) is 4.19. The van der Waals surface area contributed by atoms with Gasteiger partial charge in [0.2, 0.25) is 5.91 Å². The second kappa shape index (κ2) is 10.6. The SMILES string of the molecule is Cl.Cl.O=C(CCc1ccc(=O)[nH]n1)N[C@H]1C[C@H]2CNC[C@H]2C[C@@H]1OCC1CC1. The van der Waals surface area contributed by atoms with Crippen molar-refractivity contribution in [3.8, 4) is 0 Å². The van der Waals surface area contributed by atoms with Crippen LogP contribution in [0.2, 0.25) is 0 Å². The van der Waals surface area contributed by atoms with Crippen molar-refractivity contribution in [2.75, 3.05) is 19.7 Å². The van der Waals surface area contributed by atoms with Gasteiger partial charge in [-0.1, -0.05) is 0 Å². The molecule has 3 N–H and O–H groups in total. The first-order chi connectivity index (χ1) is 12.7. The zero-order valence-electron chi connectivity index (χ0n) is 15.9. The Hall–Kier alpha value is -1.15. The van der Waals surface area contributed by atoms with Crippen LogP contribution in [-0.4, -0.2) is 47.9 Å². The Morgan fingerprint density at radius 2 is 1.93 bits per heavy atom. The maximum absolute atomic E-state index is 12.5. The summed E-state index contributed by atoms with van der Waals surface area (Å²) in [7, 11) is 0. The van der Waals surface area contributed by atoms with Gasteiger partial charge in [-0.05, 0) is 62.6 Å². The molecule has 28 heavy (non-hydrogen) atoms. The van der Waals surface area contributed by atoms with Crippen LogP contribution in [0.25, 0.3) is 0 Å². The molecule has 2 saturated carbocycles. The predicted octanol–water partition coefficient (Wildman–Crippen LogP) is 1.46. The van der Waals surface area contributed by atoms with Crippen LogP contribution >= 0.6 is 24.8 Å². The number of ether oxygens (including phenoxy) is 1. The molecule has 9 heteroatoms. The lowest BCUT2D eigenvalue weighted by Gasteiger charge is -2.38. The number of aromatic amines is 1. The molecule has 0 bridgehead atoms. The van der Waals surface area contributed by atoms with Crippen molar-refractivity contribution in [2.45, 2.75) is 50.7 Å². The standard InChI is InChI=1S/C19H28N4O3.2ClH/c24-18(5-3-15-4-6-19(25)23-22-15)21-16-7-13-9-20-10-14(13)8-17(16)26-11-12-1-2-12;;/h4,6,12-14,16-17,20H,1-3,5,7-11H2,(H,21,24)(H,23,25);2*1H/t13-,14+,16-,17-;;/m0../s1. The minimum atomic E-state index is -0.226. The molecule has 0 spiro atoms. The molecule has 1 aromatic heterocycles. The van der Waals surface area contributed by atoms with Crippen molar-refractivity contribution in [3.05, 3.63) is 28.2 Å². The fourth-order valence-electron chi connectivity index (χ4n) is 4.19. The van der Waals surface area contributed by atoms with Crippen LogP contribution in [0.3, 0.4) is 0 Å². The smallest absolute Gasteiger partial charge is 0.264 e. The number of H-pyrrole nitrogens is 1. The number of fused-ring (bicyclic) bond motifs is 1. The first-order valence-electron chi connectivity index (χ1n) is 9.83. The number of halogens is 2. The lowest BCUT2D eigenvalue weighted by atomic mass is 9.77. The number of aryl methyl sites for hydroxylation is 1. The maximum Gasteiger partial charge on any atom is 0.264 e. The molecule has 0 aromatic carbocycles. The van der Waals surface area contributed by atoms with Gasteiger partial charge in [-0.15, -0.1) is 24.8 Å². The molecule has 0 unspecified atom stereocenters. The molecular formula is C19H30Cl2N4O3. The van der Waals surface area contributed by atoms with Gasteiger partial charge in [-0.25, -0.2) is 5.10 Å². The van der Waals surface area contributed by atoms with Crippen molar-refractivity contribution in [3.63, 3.8) is 0 Å². The number of hydrogen-bond acceptors (Lipinski definition) is 5. The third-order valence-electron chi connectivity index (χ3n) is 5.95. The Labute approximate surface area is 177 Å². The van der Waals surface area contributed by atoms with Crippen LogP contribution in [0.5, 0.6) is 0 Å². The zero-order chi connectivity index (χ0) is 17.9. The zero-order valence-corrected chi connectivity index (χ0v) is 17.5. The van der Waals surface area contributed by atoms with Gasteiger partial charge in [0.1, 0.15) is 0 Å². The number of rotatable bonds is 7. The minimum Gasteiger partial charge on any atom is -0.376 e. The molecule has 7 nitrogen and oxygen atoms in total. The third-order valence-corrected chi connectivity index (χ3v) is 5.95. The van der Waals surface area contributed by atoms with Crippen molar-refractivity contribution < 1.29 is 9.53 Å². The maximum atomic E-state index is 12.5. The number of nitrogens with one attached hydrogen (secondary N) is 3. The normalized spacial score (nSPS) is 28.6. The number of aromatic nitrogens is 2. The molecule has 2 aliphatic carbocycles. The summed E-state index contributed by atoms with van der Waals surface area (Å²) >= 11 is 0. The molecule has 1 saturated heterocycles. The van der Waals surface area contributed by atoms with E-state index < -0.39 is 0 Å². The summed E-state index contributed by atoms with van der Waals surface area (Å²) in [6, 6.07) is 3.21. The van der Waals surface area contributed by atoms with Crippen LogP contribution in [0, 0.1) is 17.8 Å². The van der Waals surface area contributed by atoms with Crippen LogP contribution in [0.1, 0.15) is 37.8 Å². The van der Waals surface area contributed by atoms with E-state index in [1.54, 1.807) is 6.07 Å². The summed E-state index contributed by atoms with van der Waals surface area (Å²) in [5.74, 6) is 2.09. The highest BCUT2D eigenvalue weighted by molar-refractivity contribution is 5.85. The van der Waals surface area contributed by atoms with Gasteiger partial charge < -0.3 is 15.4 Å². The van der Waals surface area contributed by atoms with E-state index in [-0.39, 0.29) is 48.4 Å². The Morgan fingerprint density at radius 3 is 2.61 bits per heavy atom. The first-order valence-corrected chi connectivity index (χ1v) is 9.83. The quantitative estimate of drug-likeness (QED) is 0.605. The van der Waals surface area contributed by atoms with Gasteiger partial charge in [0.15, 0.2) is 0 Å². The van der Waals surface area contributed by atoms with Crippen LogP contribution in [-0.2, 0) is 16.0 Å². The summed E-state index contributed by atoms with van der Waals surface area (Å²) in [5.41, 5.74) is 0.501. The Bertz CT molecular complexity index is 678. The lowest BCUT2D eigenvalue weighted by Crippen LogP contribution is -2.50. The molecule has 3 fully saturated rings. The van der Waals surface area contributed by atoms with E-state index >= 15 is 0 Å². The summed E-state index contributed by atoms with van der Waals surface area (Å²) in [6.45, 7) is 2.96. The molecule has 1 amide bonds. The molecule has 1 aromatic rings. The van der Waals surface area contributed by atoms with Crippen LogP contribution in [0.4, 0.5) is 0 Å². The van der Waals surface area contributed by atoms with E-state index in [0.29, 0.717) is 24.7 Å². The lowest BCUT2D eigenvalue weighted by molar-refractivity contribution is -0.124. The largest absolute Gasteiger partial charge is 0.376 e. The summed E-state index contributed by atoms with van der Waals surface area (Å²) < 4.78 is 6.21. The van der Waals surface area contributed by atoms with Crippen molar-refractivity contribution in [2.24, 2.45) is 17.8 Å². The predicted molar refractivity (Wildman–Crippen MR) is 111 cm³/mol. The number of nitrogens with zero attached hydrogens (tertiary/aromatic N) is 1. The average molecular weight is 433 g/mol. The van der Waals surface area contributed by atoms with Gasteiger partial charge in [-0.2, -0.15) is 5.10 Å². The van der Waals surface area contributed by atoms with Gasteiger partial charge in [-0.3, -0.25) is 9.59 Å². The van der Waals surface area contributed by atoms with Gasteiger partial charge in [0, 0.05) is 25.5 Å². The first kappa shape index (κ1) is 23.1. The summed E-state index contributed by atoms with van der Waals surface area (Å²) in [5, 5.41) is 13.1. The molecule has 0 radical (unpaired) electrons. The highest BCUT2D eigenvalue weighted by Gasteiger charge is 2.41. The summed E-state index contributed by atoms with van der Waals surface area (Å²) in [6.07, 6.45) is 5.62. The Morgan fingerprint density at radius 1 is 1.18 bits per heavy atom. The average Bonchev–Trinajstić information content (AvgIpc) is 3.36. The monoisotopic (exact) mass is 432 g/mol. The minimum absolute atomic E-state index is 0. The van der Waals surface area contributed by atoms with Gasteiger partial charge >= 0.3 is 0 Å². The second-order valence-corrected chi connectivity index (χ2v) is 8.05. The Balaban J connectivity index is 0.00000140. The Kier molecular flexibility index (Phi) is 8.74. The van der Waals surface area contributed by atoms with E-state index in [9.17, 15) is 9.59 Å². The van der Waals surface area contributed by atoms with E-state index in [4.69, 9.17) is 4.74 Å². The van der Waals surface area contributed by atoms with Crippen molar-refractivity contribution in [1.82, 2.24) is 20.8 Å². The molecule has 4 atom stereocenters. The number of carbonyl (C=O) groups excluding carboxylic acids is 1. The van der Waals surface area contributed by atoms with Crippen molar-refractivity contribution in [1.29, 1.82) is 0 Å². The van der Waals surface area contributed by atoms with Gasteiger partial charge in [0.05, 0.1) is 17.8 Å². The molecule has 1 aliphatic heterocycles. The van der Waals surface area contributed by atoms with Gasteiger partial charge in [0.25, 0.3) is 5.56 Å². The fraction of sp³-hybridized carbons (Fsp3) is 0.737. The van der Waals surface area contributed by atoms with Crippen molar-refractivity contribution >= 4 is 30.7 Å². The summed E-state index contributed by atoms with van der Waals surface area (Å²) in [4.78, 5) is 23.5. The molecular weight excluding hydrogens is 403 g/mol. The third kappa shape index (κ3) is 6.17. The van der Waals surface area contributed by atoms with Crippen LogP contribution in [0.15, 0.2) is 16.9 Å². The molecule has 2 heterocycles. The number of carbonyl (C=O) groups is 1. The van der Waals surface area contributed by atoms with E-state index in [2.05, 4.69) is 20.8 Å². The second-order valence-electron chi connectivity index (χ2n) is 8.05.